The van der Waals surface area contributed by atoms with E-state index in [4.69, 9.17) is 14.2 Å². The molecule has 0 radical (unpaired) electrons. The average Bonchev–Trinajstić information content (AvgIpc) is 3.00. The van der Waals surface area contributed by atoms with Crippen molar-refractivity contribution in [1.29, 1.82) is 0 Å². The van der Waals surface area contributed by atoms with Crippen LogP contribution in [0.4, 0.5) is 0 Å². The van der Waals surface area contributed by atoms with E-state index in [1.54, 1.807) is 30.3 Å². The Kier molecular flexibility index (Phi) is 8.16. The lowest BCUT2D eigenvalue weighted by Gasteiger charge is -2.42. The third-order valence-electron chi connectivity index (χ3n) is 6.92. The smallest absolute Gasteiger partial charge is 0.338 e. The zero-order valence-corrected chi connectivity index (χ0v) is 21.1. The van der Waals surface area contributed by atoms with Crippen LogP contribution in [-0.2, 0) is 19.8 Å². The monoisotopic (exact) mass is 526 g/mol. The zero-order chi connectivity index (χ0) is 27.2. The van der Waals surface area contributed by atoms with Gasteiger partial charge in [0, 0.05) is 0 Å². The number of esters is 1. The van der Waals surface area contributed by atoms with E-state index in [1.807, 2.05) is 91.0 Å². The molecule has 4 aromatic rings. The summed E-state index contributed by atoms with van der Waals surface area (Å²) in [6.07, 6.45) is -7.37. The zero-order valence-electron chi connectivity index (χ0n) is 21.1. The van der Waals surface area contributed by atoms with Gasteiger partial charge in [0.15, 0.2) is 12.4 Å². The van der Waals surface area contributed by atoms with Crippen molar-refractivity contribution < 1.29 is 34.3 Å². The largest absolute Gasteiger partial charge is 0.450 e. The Balaban J connectivity index is 1.42. The molecule has 1 aliphatic heterocycles. The number of aliphatic hydroxyl groups is 3. The molecule has 4 aromatic carbocycles. The van der Waals surface area contributed by atoms with Gasteiger partial charge in [0.2, 0.25) is 0 Å². The van der Waals surface area contributed by atoms with E-state index in [1.165, 1.54) is 0 Å². The summed E-state index contributed by atoms with van der Waals surface area (Å²) in [6.45, 7) is -0.187. The minimum absolute atomic E-state index is 0.187. The van der Waals surface area contributed by atoms with Gasteiger partial charge in [-0.1, -0.05) is 109 Å². The van der Waals surface area contributed by atoms with Crippen LogP contribution in [0.25, 0.3) is 0 Å². The molecule has 3 N–H and O–H groups in total. The first kappa shape index (κ1) is 26.7. The van der Waals surface area contributed by atoms with E-state index < -0.39 is 42.3 Å². The van der Waals surface area contributed by atoms with Gasteiger partial charge < -0.3 is 29.5 Å². The molecular weight excluding hydrogens is 496 g/mol. The summed E-state index contributed by atoms with van der Waals surface area (Å²) in [6, 6.07) is 37.2. The standard InChI is InChI=1S/C32H30O7/c33-27-26(38-31(36)29(28(27)34)39-30(35)22-13-5-1-6-14-22)21-37-32(23-15-7-2-8-16-23,24-17-9-3-10-18-24)25-19-11-4-12-20-25/h1-20,26-29,31,33-34,36H,21H2/t26-,27-,28+,29-,31+/m1/s1. The summed E-state index contributed by atoms with van der Waals surface area (Å²) in [4.78, 5) is 12.5. The van der Waals surface area contributed by atoms with Crippen molar-refractivity contribution in [3.05, 3.63) is 144 Å². The lowest BCUT2D eigenvalue weighted by atomic mass is 9.80. The topological polar surface area (TPSA) is 105 Å². The highest BCUT2D eigenvalue weighted by Crippen LogP contribution is 2.41. The van der Waals surface area contributed by atoms with Crippen molar-refractivity contribution in [1.82, 2.24) is 0 Å². The van der Waals surface area contributed by atoms with Crippen molar-refractivity contribution in [3.8, 4) is 0 Å². The molecule has 1 fully saturated rings. The van der Waals surface area contributed by atoms with E-state index in [0.717, 1.165) is 16.7 Å². The predicted octanol–water partition coefficient (Wildman–Crippen LogP) is 3.66. The van der Waals surface area contributed by atoms with Crippen LogP contribution in [0.2, 0.25) is 0 Å². The first-order chi connectivity index (χ1) is 19.0. The van der Waals surface area contributed by atoms with Crippen molar-refractivity contribution in [3.63, 3.8) is 0 Å². The second-order valence-corrected chi connectivity index (χ2v) is 9.37. The maximum atomic E-state index is 12.5. The maximum absolute atomic E-state index is 12.5. The molecule has 7 nitrogen and oxygen atoms in total. The van der Waals surface area contributed by atoms with Gasteiger partial charge in [0.25, 0.3) is 0 Å². The highest BCUT2D eigenvalue weighted by atomic mass is 16.7. The van der Waals surface area contributed by atoms with E-state index in [9.17, 15) is 20.1 Å². The summed E-state index contributed by atoms with van der Waals surface area (Å²) >= 11 is 0. The van der Waals surface area contributed by atoms with Gasteiger partial charge in [-0.05, 0) is 28.8 Å². The van der Waals surface area contributed by atoms with Gasteiger partial charge in [-0.15, -0.1) is 0 Å². The molecule has 0 aliphatic carbocycles. The third kappa shape index (κ3) is 5.49. The van der Waals surface area contributed by atoms with E-state index in [-0.39, 0.29) is 12.2 Å². The minimum atomic E-state index is -1.68. The quantitative estimate of drug-likeness (QED) is 0.238. The Morgan fingerprint density at radius 3 is 1.56 bits per heavy atom. The van der Waals surface area contributed by atoms with Crippen molar-refractivity contribution in [2.24, 2.45) is 0 Å². The molecule has 0 saturated carbocycles. The fourth-order valence-electron chi connectivity index (χ4n) is 4.93. The third-order valence-corrected chi connectivity index (χ3v) is 6.92. The molecule has 0 spiro atoms. The molecule has 200 valence electrons. The molecule has 1 aliphatic rings. The Morgan fingerprint density at radius 1 is 0.667 bits per heavy atom. The van der Waals surface area contributed by atoms with Gasteiger partial charge >= 0.3 is 5.97 Å². The van der Waals surface area contributed by atoms with Gasteiger partial charge in [-0.2, -0.15) is 0 Å². The molecule has 0 aromatic heterocycles. The fourth-order valence-corrected chi connectivity index (χ4v) is 4.93. The van der Waals surface area contributed by atoms with Crippen LogP contribution in [0, 0.1) is 0 Å². The van der Waals surface area contributed by atoms with Crippen LogP contribution in [0.5, 0.6) is 0 Å². The Morgan fingerprint density at radius 2 is 1.10 bits per heavy atom. The minimum Gasteiger partial charge on any atom is -0.450 e. The molecule has 0 amide bonds. The van der Waals surface area contributed by atoms with Crippen molar-refractivity contribution >= 4 is 5.97 Å². The first-order valence-electron chi connectivity index (χ1n) is 12.8. The summed E-state index contributed by atoms with van der Waals surface area (Å²) in [7, 11) is 0. The first-order valence-corrected chi connectivity index (χ1v) is 12.8. The molecule has 5 atom stereocenters. The normalized spacial score (nSPS) is 23.2. The number of carbonyl (C=O) groups excluding carboxylic acids is 1. The molecule has 0 unspecified atom stereocenters. The molecular formula is C32H30O7. The maximum Gasteiger partial charge on any atom is 0.338 e. The Hall–Kier alpha value is -3.85. The Bertz CT molecular complexity index is 1240. The van der Waals surface area contributed by atoms with E-state index in [2.05, 4.69) is 0 Å². The van der Waals surface area contributed by atoms with Gasteiger partial charge in [0.05, 0.1) is 12.2 Å². The summed E-state index contributed by atoms with van der Waals surface area (Å²) in [5.74, 6) is -0.750. The second-order valence-electron chi connectivity index (χ2n) is 9.37. The molecule has 0 bridgehead atoms. The van der Waals surface area contributed by atoms with Crippen LogP contribution in [0.15, 0.2) is 121 Å². The molecule has 39 heavy (non-hydrogen) atoms. The summed E-state index contributed by atoms with van der Waals surface area (Å²) < 4.78 is 17.6. The van der Waals surface area contributed by atoms with E-state index >= 15 is 0 Å². The highest BCUT2D eigenvalue weighted by molar-refractivity contribution is 5.89. The second kappa shape index (κ2) is 11.9. The lowest BCUT2D eigenvalue weighted by molar-refractivity contribution is -0.290. The number of hydrogen-bond donors (Lipinski definition) is 3. The van der Waals surface area contributed by atoms with Crippen molar-refractivity contribution in [2.45, 2.75) is 36.3 Å². The van der Waals surface area contributed by atoms with Crippen LogP contribution < -0.4 is 0 Å². The summed E-state index contributed by atoms with van der Waals surface area (Å²) in [5.41, 5.74) is 1.71. The van der Waals surface area contributed by atoms with Crippen molar-refractivity contribution in [2.75, 3.05) is 6.61 Å². The molecule has 7 heteroatoms. The fraction of sp³-hybridized carbons (Fsp3) is 0.219. The Labute approximate surface area is 226 Å². The number of carbonyl (C=O) groups is 1. The van der Waals surface area contributed by atoms with Crippen LogP contribution in [0.1, 0.15) is 27.0 Å². The molecule has 1 saturated heterocycles. The highest BCUT2D eigenvalue weighted by Gasteiger charge is 2.48. The number of rotatable bonds is 8. The van der Waals surface area contributed by atoms with Crippen LogP contribution in [-0.4, -0.2) is 58.6 Å². The number of benzene rings is 4. The van der Waals surface area contributed by atoms with Gasteiger partial charge in [-0.25, -0.2) is 4.79 Å². The number of ether oxygens (including phenoxy) is 3. The van der Waals surface area contributed by atoms with Crippen LogP contribution in [0.3, 0.4) is 0 Å². The van der Waals surface area contributed by atoms with Crippen LogP contribution >= 0.6 is 0 Å². The molecule has 1 heterocycles. The van der Waals surface area contributed by atoms with Gasteiger partial charge in [0.1, 0.15) is 23.9 Å². The SMILES string of the molecule is O=C(O[C@@H]1[C@@H](O)[C@H](O)[C@@H](COC(c2ccccc2)(c2ccccc2)c2ccccc2)O[C@@H]1O)c1ccccc1. The average molecular weight is 527 g/mol. The number of aliphatic hydroxyl groups excluding tert-OH is 3. The van der Waals surface area contributed by atoms with E-state index in [0.29, 0.717) is 0 Å². The lowest BCUT2D eigenvalue weighted by Crippen LogP contribution is -2.60. The van der Waals surface area contributed by atoms with Gasteiger partial charge in [-0.3, -0.25) is 0 Å². The summed E-state index contributed by atoms with van der Waals surface area (Å²) in [5, 5.41) is 32.5. The molecule has 5 rings (SSSR count). The predicted molar refractivity (Wildman–Crippen MR) is 144 cm³/mol. The number of hydrogen-bond acceptors (Lipinski definition) is 7.